The number of esters is 1. The van der Waals surface area contributed by atoms with E-state index in [1.165, 1.54) is 41.0 Å². The molecule has 0 saturated carbocycles. The lowest BCUT2D eigenvalue weighted by atomic mass is 9.90. The summed E-state index contributed by atoms with van der Waals surface area (Å²) >= 11 is 0. The van der Waals surface area contributed by atoms with E-state index in [0.717, 1.165) is 16.7 Å². The average Bonchev–Trinajstić information content (AvgIpc) is 2.51. The van der Waals surface area contributed by atoms with Gasteiger partial charge in [0.1, 0.15) is 12.4 Å². The van der Waals surface area contributed by atoms with Gasteiger partial charge in [-0.05, 0) is 92.3 Å². The van der Waals surface area contributed by atoms with E-state index in [-0.39, 0.29) is 12.4 Å². The van der Waals surface area contributed by atoms with Crippen molar-refractivity contribution in [3.05, 3.63) is 69.0 Å². The molecule has 0 aliphatic rings. The van der Waals surface area contributed by atoms with Crippen molar-refractivity contribution in [3.8, 4) is 0 Å². The first-order chi connectivity index (χ1) is 10.3. The summed E-state index contributed by atoms with van der Waals surface area (Å²) in [6.45, 7) is 10.6. The Kier molecular flexibility index (Phi) is 4.65. The predicted octanol–water partition coefficient (Wildman–Crippen LogP) is 4.72. The number of hydrogen-bond donors (Lipinski definition) is 0. The van der Waals surface area contributed by atoms with Crippen molar-refractivity contribution in [2.45, 2.75) is 41.2 Å². The molecule has 2 nitrogen and oxygen atoms in total. The fourth-order valence-electron chi connectivity index (χ4n) is 2.60. The van der Waals surface area contributed by atoms with E-state index in [9.17, 15) is 9.18 Å². The van der Waals surface area contributed by atoms with Crippen molar-refractivity contribution >= 4 is 5.97 Å². The number of ether oxygens (including phenoxy) is 1. The molecule has 116 valence electrons. The quantitative estimate of drug-likeness (QED) is 0.766. The van der Waals surface area contributed by atoms with Gasteiger partial charge in [-0.25, -0.2) is 9.18 Å². The second-order valence-corrected chi connectivity index (χ2v) is 5.69. The van der Waals surface area contributed by atoms with Crippen LogP contribution in [0, 0.1) is 40.4 Å². The molecule has 2 aromatic rings. The molecule has 0 heterocycles. The van der Waals surface area contributed by atoms with E-state index in [2.05, 4.69) is 34.6 Å². The standard InChI is InChI=1S/C19H21FO2/c1-11-12(2)14(4)18(15(5)13(11)3)10-22-19(21)16-6-8-17(20)9-7-16/h6-9H,10H2,1-5H3. The summed E-state index contributed by atoms with van der Waals surface area (Å²) < 4.78 is 18.3. The highest BCUT2D eigenvalue weighted by Crippen LogP contribution is 2.26. The first-order valence-corrected chi connectivity index (χ1v) is 7.31. The van der Waals surface area contributed by atoms with Gasteiger partial charge in [-0.15, -0.1) is 0 Å². The second-order valence-electron chi connectivity index (χ2n) is 5.69. The molecule has 0 atom stereocenters. The molecule has 3 heteroatoms. The molecule has 0 amide bonds. The van der Waals surface area contributed by atoms with Crippen LogP contribution in [0.4, 0.5) is 4.39 Å². The summed E-state index contributed by atoms with van der Waals surface area (Å²) in [6.07, 6.45) is 0. The molecule has 22 heavy (non-hydrogen) atoms. The maximum absolute atomic E-state index is 12.9. The van der Waals surface area contributed by atoms with Gasteiger partial charge in [0.2, 0.25) is 0 Å². The van der Waals surface area contributed by atoms with Crippen molar-refractivity contribution in [2.24, 2.45) is 0 Å². The lowest BCUT2D eigenvalue weighted by molar-refractivity contribution is 0.0471. The molecule has 0 unspecified atom stereocenters. The highest BCUT2D eigenvalue weighted by atomic mass is 19.1. The maximum atomic E-state index is 12.9. The van der Waals surface area contributed by atoms with Crippen LogP contribution in [0.25, 0.3) is 0 Å². The predicted molar refractivity (Wildman–Crippen MR) is 85.6 cm³/mol. The maximum Gasteiger partial charge on any atom is 0.338 e. The van der Waals surface area contributed by atoms with Crippen molar-refractivity contribution in [3.63, 3.8) is 0 Å². The number of carbonyl (C=O) groups excluding carboxylic acids is 1. The summed E-state index contributed by atoms with van der Waals surface area (Å²) in [6, 6.07) is 5.38. The van der Waals surface area contributed by atoms with Gasteiger partial charge in [0.05, 0.1) is 5.56 Å². The smallest absolute Gasteiger partial charge is 0.338 e. The lowest BCUT2D eigenvalue weighted by Crippen LogP contribution is -2.09. The molecule has 0 N–H and O–H groups in total. The molecule has 0 fully saturated rings. The van der Waals surface area contributed by atoms with Crippen LogP contribution in [-0.2, 0) is 11.3 Å². The van der Waals surface area contributed by atoms with E-state index in [0.29, 0.717) is 5.56 Å². The largest absolute Gasteiger partial charge is 0.457 e. The Balaban J connectivity index is 2.22. The van der Waals surface area contributed by atoms with Crippen LogP contribution < -0.4 is 0 Å². The van der Waals surface area contributed by atoms with Crippen LogP contribution in [0.15, 0.2) is 24.3 Å². The van der Waals surface area contributed by atoms with Gasteiger partial charge >= 0.3 is 5.97 Å². The highest BCUT2D eigenvalue weighted by molar-refractivity contribution is 5.89. The molecule has 0 bridgehead atoms. The van der Waals surface area contributed by atoms with Crippen LogP contribution in [0.5, 0.6) is 0 Å². The van der Waals surface area contributed by atoms with Gasteiger partial charge in [0.25, 0.3) is 0 Å². The van der Waals surface area contributed by atoms with Crippen LogP contribution in [0.2, 0.25) is 0 Å². The van der Waals surface area contributed by atoms with Crippen LogP contribution in [0.1, 0.15) is 43.7 Å². The Hall–Kier alpha value is -2.16. The van der Waals surface area contributed by atoms with Gasteiger partial charge in [0, 0.05) is 0 Å². The van der Waals surface area contributed by atoms with E-state index in [4.69, 9.17) is 4.74 Å². The fraction of sp³-hybridized carbons (Fsp3) is 0.316. The lowest BCUT2D eigenvalue weighted by Gasteiger charge is -2.18. The molecular formula is C19H21FO2. The topological polar surface area (TPSA) is 26.3 Å². The minimum atomic E-state index is -0.435. The van der Waals surface area contributed by atoms with Crippen molar-refractivity contribution in [1.29, 1.82) is 0 Å². The van der Waals surface area contributed by atoms with Crippen LogP contribution in [-0.4, -0.2) is 5.97 Å². The second kappa shape index (κ2) is 6.30. The molecule has 2 rings (SSSR count). The van der Waals surface area contributed by atoms with Crippen LogP contribution >= 0.6 is 0 Å². The molecule has 0 radical (unpaired) electrons. The molecule has 0 saturated heterocycles. The summed E-state index contributed by atoms with van der Waals surface area (Å²) in [4.78, 5) is 12.0. The van der Waals surface area contributed by atoms with Gasteiger partial charge in [0.15, 0.2) is 0 Å². The van der Waals surface area contributed by atoms with Gasteiger partial charge < -0.3 is 4.74 Å². The van der Waals surface area contributed by atoms with Gasteiger partial charge in [-0.3, -0.25) is 0 Å². The third-order valence-corrected chi connectivity index (χ3v) is 4.58. The zero-order valence-electron chi connectivity index (χ0n) is 13.7. The first kappa shape index (κ1) is 16.2. The summed E-state index contributed by atoms with van der Waals surface area (Å²) in [7, 11) is 0. The minimum Gasteiger partial charge on any atom is -0.457 e. The Morgan fingerprint density at radius 2 is 1.32 bits per heavy atom. The zero-order valence-corrected chi connectivity index (χ0v) is 13.7. The Bertz CT molecular complexity index is 686. The Morgan fingerprint density at radius 1 is 0.864 bits per heavy atom. The fourth-order valence-corrected chi connectivity index (χ4v) is 2.60. The van der Waals surface area contributed by atoms with E-state index >= 15 is 0 Å². The van der Waals surface area contributed by atoms with Crippen molar-refractivity contribution < 1.29 is 13.9 Å². The normalized spacial score (nSPS) is 10.6. The molecule has 0 spiro atoms. The summed E-state index contributed by atoms with van der Waals surface area (Å²) in [5.74, 6) is -0.803. The number of benzene rings is 2. The molecule has 0 aromatic heterocycles. The van der Waals surface area contributed by atoms with Crippen molar-refractivity contribution in [1.82, 2.24) is 0 Å². The van der Waals surface area contributed by atoms with E-state index < -0.39 is 5.97 Å². The Labute approximate surface area is 130 Å². The summed E-state index contributed by atoms with van der Waals surface area (Å²) in [5.41, 5.74) is 7.48. The molecule has 2 aromatic carbocycles. The third kappa shape index (κ3) is 3.03. The van der Waals surface area contributed by atoms with Crippen LogP contribution in [0.3, 0.4) is 0 Å². The molecule has 0 aliphatic carbocycles. The van der Waals surface area contributed by atoms with E-state index in [1.807, 2.05) is 0 Å². The summed E-state index contributed by atoms with van der Waals surface area (Å²) in [5, 5.41) is 0. The van der Waals surface area contributed by atoms with Crippen molar-refractivity contribution in [2.75, 3.05) is 0 Å². The third-order valence-electron chi connectivity index (χ3n) is 4.58. The minimum absolute atomic E-state index is 0.232. The molecular weight excluding hydrogens is 279 g/mol. The SMILES string of the molecule is Cc1c(C)c(C)c(COC(=O)c2ccc(F)cc2)c(C)c1C. The van der Waals surface area contributed by atoms with Gasteiger partial charge in [-0.1, -0.05) is 0 Å². The average molecular weight is 300 g/mol. The number of hydrogen-bond acceptors (Lipinski definition) is 2. The number of rotatable bonds is 3. The highest BCUT2D eigenvalue weighted by Gasteiger charge is 2.14. The zero-order chi connectivity index (χ0) is 16.4. The monoisotopic (exact) mass is 300 g/mol. The Morgan fingerprint density at radius 3 is 1.82 bits per heavy atom. The number of carbonyl (C=O) groups is 1. The van der Waals surface area contributed by atoms with Gasteiger partial charge in [-0.2, -0.15) is 0 Å². The van der Waals surface area contributed by atoms with E-state index in [1.54, 1.807) is 0 Å². The first-order valence-electron chi connectivity index (χ1n) is 7.31. The molecule has 0 aliphatic heterocycles. The number of halogens is 1.